The van der Waals surface area contributed by atoms with E-state index in [2.05, 4.69) is 179 Å². The second-order valence-electron chi connectivity index (χ2n) is 13.1. The van der Waals surface area contributed by atoms with Gasteiger partial charge in [0.1, 0.15) is 0 Å². The Morgan fingerprint density at radius 3 is 1.86 bits per heavy atom. The fraction of sp³-hybridized carbons (Fsp3) is 0. The van der Waals surface area contributed by atoms with E-state index < -0.39 is 0 Å². The van der Waals surface area contributed by atoms with Gasteiger partial charge in [-0.05, 0) is 73.6 Å². The number of aromatic nitrogens is 3. The number of imidazole rings is 1. The molecule has 0 N–H and O–H groups in total. The quantitative estimate of drug-likeness (QED) is 0.181. The normalized spacial score (nSPS) is 12.4. The molecule has 1 aliphatic rings. The van der Waals surface area contributed by atoms with Crippen LogP contribution in [0.3, 0.4) is 0 Å². The number of fused-ring (bicyclic) bond motifs is 8. The van der Waals surface area contributed by atoms with Gasteiger partial charge in [-0.3, -0.25) is 8.97 Å². The Bertz CT molecular complexity index is 2880. The van der Waals surface area contributed by atoms with Gasteiger partial charge in [-0.15, -0.1) is 0 Å². The molecule has 49 heavy (non-hydrogen) atoms. The van der Waals surface area contributed by atoms with Gasteiger partial charge in [0, 0.05) is 11.1 Å². The first-order valence-corrected chi connectivity index (χ1v) is 16.9. The van der Waals surface area contributed by atoms with Crippen LogP contribution in [0.15, 0.2) is 170 Å². The fourth-order valence-corrected chi connectivity index (χ4v) is 8.51. The van der Waals surface area contributed by atoms with Crippen LogP contribution in [0.5, 0.6) is 0 Å². The average Bonchev–Trinajstić information content (AvgIpc) is 3.54. The van der Waals surface area contributed by atoms with Gasteiger partial charge in [0.05, 0.1) is 22.1 Å². The Labute approximate surface area is 283 Å². The summed E-state index contributed by atoms with van der Waals surface area (Å²) >= 11 is 0. The van der Waals surface area contributed by atoms with E-state index in [-0.39, 0.29) is 6.71 Å². The van der Waals surface area contributed by atoms with E-state index >= 15 is 0 Å². The number of para-hydroxylation sites is 1. The molecule has 8 aromatic carbocycles. The van der Waals surface area contributed by atoms with Crippen molar-refractivity contribution in [2.75, 3.05) is 0 Å². The molecule has 0 amide bonds. The Morgan fingerprint density at radius 1 is 0.469 bits per heavy atom. The van der Waals surface area contributed by atoms with Crippen LogP contribution in [-0.2, 0) is 0 Å². The smallest absolute Gasteiger partial charge is 0.248 e. The second-order valence-corrected chi connectivity index (χ2v) is 13.1. The summed E-state index contributed by atoms with van der Waals surface area (Å²) in [6.07, 6.45) is 0. The van der Waals surface area contributed by atoms with Gasteiger partial charge in [0.2, 0.25) is 12.5 Å². The van der Waals surface area contributed by atoms with Crippen molar-refractivity contribution in [3.63, 3.8) is 0 Å². The standard InChI is InChI=1S/C45H28BN3/c1-3-13-29(14-4-1)34-20-12-21-35(30-15-5-2-6-16-30)43(34)46-36-22-9-10-23-39(36)49-44-37(46)26-25-31-19-11-24-40(42(31)44)48-41-28-33-18-8-7-17-32(33)27-38(41)47-45(48)49/h1-28H. The molecule has 0 unspecified atom stereocenters. The Kier molecular flexibility index (Phi) is 5.47. The molecule has 3 nitrogen and oxygen atoms in total. The molecule has 226 valence electrons. The van der Waals surface area contributed by atoms with Gasteiger partial charge < -0.3 is 0 Å². The van der Waals surface area contributed by atoms with Crippen molar-refractivity contribution >= 4 is 72.5 Å². The van der Waals surface area contributed by atoms with Crippen molar-refractivity contribution in [1.82, 2.24) is 14.0 Å². The number of hydrogen-bond acceptors (Lipinski definition) is 1. The molecule has 0 aliphatic carbocycles. The SMILES string of the molecule is c1ccc(-c2cccc(-c3ccccc3)c2B2c3ccccc3-n3c4c2ccc2cccc(c24)n2c4cc5ccccc5cc4nc32)cc1. The highest BCUT2D eigenvalue weighted by atomic mass is 15.2. The van der Waals surface area contributed by atoms with E-state index in [1.54, 1.807) is 0 Å². The van der Waals surface area contributed by atoms with Gasteiger partial charge in [-0.25, -0.2) is 4.98 Å². The van der Waals surface area contributed by atoms with Crippen molar-refractivity contribution in [3.05, 3.63) is 170 Å². The highest BCUT2D eigenvalue weighted by Crippen LogP contribution is 2.36. The van der Waals surface area contributed by atoms with Crippen LogP contribution in [0.2, 0.25) is 0 Å². The maximum atomic E-state index is 5.43. The third-order valence-electron chi connectivity index (χ3n) is 10.6. The van der Waals surface area contributed by atoms with E-state index in [9.17, 15) is 0 Å². The number of rotatable bonds is 3. The fourth-order valence-electron chi connectivity index (χ4n) is 8.51. The Hall–Kier alpha value is -6.39. The minimum atomic E-state index is -0.00923. The second kappa shape index (κ2) is 10.1. The lowest BCUT2D eigenvalue weighted by atomic mass is 9.33. The van der Waals surface area contributed by atoms with Crippen molar-refractivity contribution in [2.24, 2.45) is 0 Å². The summed E-state index contributed by atoms with van der Waals surface area (Å²) in [7, 11) is 0. The van der Waals surface area contributed by atoms with Crippen LogP contribution < -0.4 is 16.4 Å². The van der Waals surface area contributed by atoms with E-state index in [1.807, 2.05) is 0 Å². The first kappa shape index (κ1) is 26.7. The summed E-state index contributed by atoms with van der Waals surface area (Å²) in [4.78, 5) is 5.43. The number of hydrogen-bond donors (Lipinski definition) is 0. The van der Waals surface area contributed by atoms with Gasteiger partial charge in [0.25, 0.3) is 0 Å². The van der Waals surface area contributed by atoms with Crippen LogP contribution in [0, 0.1) is 0 Å². The van der Waals surface area contributed by atoms with Crippen molar-refractivity contribution in [2.45, 2.75) is 0 Å². The molecular weight excluding hydrogens is 593 g/mol. The lowest BCUT2D eigenvalue weighted by molar-refractivity contribution is 1.07. The zero-order valence-corrected chi connectivity index (χ0v) is 26.6. The summed E-state index contributed by atoms with van der Waals surface area (Å²) in [6, 6.07) is 62.0. The summed E-state index contributed by atoms with van der Waals surface area (Å²) in [5.74, 6) is 0.934. The monoisotopic (exact) mass is 621 g/mol. The molecule has 0 atom stereocenters. The van der Waals surface area contributed by atoms with E-state index in [4.69, 9.17) is 4.98 Å². The third kappa shape index (κ3) is 3.71. The minimum Gasteiger partial charge on any atom is -0.281 e. The molecule has 4 heteroatoms. The summed E-state index contributed by atoms with van der Waals surface area (Å²) < 4.78 is 4.82. The highest BCUT2D eigenvalue weighted by molar-refractivity contribution is 6.99. The predicted octanol–water partition coefficient (Wildman–Crippen LogP) is 8.90. The average molecular weight is 622 g/mol. The van der Waals surface area contributed by atoms with Gasteiger partial charge in [0.15, 0.2) is 0 Å². The summed E-state index contributed by atoms with van der Waals surface area (Å²) in [5, 5.41) is 4.91. The molecule has 1 aliphatic heterocycles. The largest absolute Gasteiger partial charge is 0.281 e. The van der Waals surface area contributed by atoms with Crippen LogP contribution in [0.25, 0.3) is 77.3 Å². The molecule has 0 radical (unpaired) electrons. The van der Waals surface area contributed by atoms with Gasteiger partial charge in [-0.2, -0.15) is 0 Å². The third-order valence-corrected chi connectivity index (χ3v) is 10.6. The lowest BCUT2D eigenvalue weighted by Crippen LogP contribution is -2.57. The molecule has 0 saturated heterocycles. The van der Waals surface area contributed by atoms with Crippen molar-refractivity contribution in [1.29, 1.82) is 0 Å². The minimum absolute atomic E-state index is 0.00923. The van der Waals surface area contributed by atoms with E-state index in [0.29, 0.717) is 0 Å². The summed E-state index contributed by atoms with van der Waals surface area (Å²) in [6.45, 7) is -0.00923. The topological polar surface area (TPSA) is 22.2 Å². The molecule has 10 aromatic rings. The Balaban J connectivity index is 1.33. The highest BCUT2D eigenvalue weighted by Gasteiger charge is 2.37. The molecule has 0 fully saturated rings. The maximum absolute atomic E-state index is 5.43. The van der Waals surface area contributed by atoms with E-state index in [0.717, 1.165) is 16.8 Å². The molecule has 3 heterocycles. The number of benzene rings is 8. The van der Waals surface area contributed by atoms with Crippen LogP contribution >= 0.6 is 0 Å². The zero-order chi connectivity index (χ0) is 32.1. The lowest BCUT2D eigenvalue weighted by Gasteiger charge is -2.32. The van der Waals surface area contributed by atoms with Gasteiger partial charge >= 0.3 is 0 Å². The summed E-state index contributed by atoms with van der Waals surface area (Å²) in [5.41, 5.74) is 14.5. The molecule has 11 rings (SSSR count). The Morgan fingerprint density at radius 2 is 1.10 bits per heavy atom. The van der Waals surface area contributed by atoms with Gasteiger partial charge in [-0.1, -0.05) is 151 Å². The van der Waals surface area contributed by atoms with Crippen LogP contribution in [0.4, 0.5) is 0 Å². The molecule has 0 saturated carbocycles. The zero-order valence-electron chi connectivity index (χ0n) is 26.6. The molecular formula is C45H28BN3. The maximum Gasteiger partial charge on any atom is 0.248 e. The van der Waals surface area contributed by atoms with Crippen LogP contribution in [0.1, 0.15) is 0 Å². The van der Waals surface area contributed by atoms with E-state index in [1.165, 1.54) is 76.9 Å². The predicted molar refractivity (Wildman–Crippen MR) is 207 cm³/mol. The molecule has 0 bridgehead atoms. The molecule has 0 spiro atoms. The van der Waals surface area contributed by atoms with Crippen molar-refractivity contribution in [3.8, 4) is 27.9 Å². The number of nitrogens with zero attached hydrogens (tertiary/aromatic N) is 3. The van der Waals surface area contributed by atoms with Crippen LogP contribution in [-0.4, -0.2) is 20.7 Å². The first-order chi connectivity index (χ1) is 24.3. The first-order valence-electron chi connectivity index (χ1n) is 16.9. The molecule has 2 aromatic heterocycles. The van der Waals surface area contributed by atoms with Crippen molar-refractivity contribution < 1.29 is 0 Å².